The topological polar surface area (TPSA) is 46.6 Å². The van der Waals surface area contributed by atoms with Gasteiger partial charge in [-0.1, -0.05) is 26.3 Å². The Labute approximate surface area is 116 Å². The minimum absolute atomic E-state index is 0.257. The monoisotopic (exact) mass is 285 g/mol. The van der Waals surface area contributed by atoms with E-state index in [2.05, 4.69) is 0 Å². The number of benzene rings is 1. The number of hydrogen-bond acceptors (Lipinski definition) is 3. The van der Waals surface area contributed by atoms with E-state index in [4.69, 9.17) is 4.74 Å². The largest absolute Gasteiger partial charge is 0.495 e. The Hall–Kier alpha value is -1.07. The van der Waals surface area contributed by atoms with Gasteiger partial charge in [-0.2, -0.15) is 0 Å². The molecule has 0 aliphatic carbocycles. The van der Waals surface area contributed by atoms with Crippen LogP contribution in [0.3, 0.4) is 0 Å². The molecule has 0 amide bonds. The number of hydrogen-bond donors (Lipinski definition) is 0. The van der Waals surface area contributed by atoms with Gasteiger partial charge in [0.05, 0.1) is 7.11 Å². The third kappa shape index (κ3) is 3.70. The summed E-state index contributed by atoms with van der Waals surface area (Å²) < 4.78 is 31.6. The summed E-state index contributed by atoms with van der Waals surface area (Å²) in [4.78, 5) is 0.257. The van der Waals surface area contributed by atoms with Crippen molar-refractivity contribution in [3.05, 3.63) is 23.8 Å². The van der Waals surface area contributed by atoms with Crippen LogP contribution in [-0.2, 0) is 16.4 Å². The first kappa shape index (κ1) is 16.0. The van der Waals surface area contributed by atoms with Crippen LogP contribution >= 0.6 is 0 Å². The van der Waals surface area contributed by atoms with E-state index >= 15 is 0 Å². The van der Waals surface area contributed by atoms with Crippen molar-refractivity contribution in [2.45, 2.75) is 38.0 Å². The molecule has 0 saturated heterocycles. The van der Waals surface area contributed by atoms with Crippen molar-refractivity contribution >= 4 is 10.0 Å². The first-order chi connectivity index (χ1) is 8.97. The molecule has 1 aromatic carbocycles. The molecule has 0 aliphatic rings. The summed E-state index contributed by atoms with van der Waals surface area (Å²) in [5.74, 6) is 0.403. The van der Waals surface area contributed by atoms with Crippen molar-refractivity contribution < 1.29 is 13.2 Å². The van der Waals surface area contributed by atoms with Crippen molar-refractivity contribution in [1.29, 1.82) is 0 Å². The molecule has 19 heavy (non-hydrogen) atoms. The Morgan fingerprint density at radius 1 is 1.26 bits per heavy atom. The molecule has 0 saturated carbocycles. The van der Waals surface area contributed by atoms with Gasteiger partial charge in [0, 0.05) is 13.6 Å². The molecule has 5 heteroatoms. The summed E-state index contributed by atoms with van der Waals surface area (Å²) in [7, 11) is -0.372. The number of sulfonamides is 1. The van der Waals surface area contributed by atoms with E-state index in [1.165, 1.54) is 11.4 Å². The number of ether oxygens (including phenoxy) is 1. The molecule has 0 fully saturated rings. The van der Waals surface area contributed by atoms with Crippen LogP contribution in [-0.4, -0.2) is 33.4 Å². The average molecular weight is 285 g/mol. The molecule has 4 nitrogen and oxygen atoms in total. The number of rotatable bonds is 7. The van der Waals surface area contributed by atoms with Gasteiger partial charge in [-0.3, -0.25) is 0 Å². The van der Waals surface area contributed by atoms with E-state index in [1.54, 1.807) is 19.2 Å². The van der Waals surface area contributed by atoms with Gasteiger partial charge in [-0.15, -0.1) is 0 Å². The van der Waals surface area contributed by atoms with Gasteiger partial charge < -0.3 is 4.74 Å². The zero-order chi connectivity index (χ0) is 14.5. The quantitative estimate of drug-likeness (QED) is 0.774. The summed E-state index contributed by atoms with van der Waals surface area (Å²) in [6, 6.07) is 5.32. The third-order valence-electron chi connectivity index (χ3n) is 3.15. The van der Waals surface area contributed by atoms with Crippen LogP contribution in [0.1, 0.15) is 32.3 Å². The van der Waals surface area contributed by atoms with Crippen LogP contribution in [0.2, 0.25) is 0 Å². The summed E-state index contributed by atoms with van der Waals surface area (Å²) in [5, 5.41) is 0. The maximum atomic E-state index is 12.5. The highest BCUT2D eigenvalue weighted by molar-refractivity contribution is 7.89. The maximum absolute atomic E-state index is 12.5. The van der Waals surface area contributed by atoms with E-state index in [9.17, 15) is 8.42 Å². The second-order valence-corrected chi connectivity index (χ2v) is 6.53. The number of unbranched alkanes of at least 4 members (excludes halogenated alkanes) is 1. The molecular formula is C14H23NO3S. The Bertz CT molecular complexity index is 511. The molecule has 0 unspecified atom stereocenters. The fraction of sp³-hybridized carbons (Fsp3) is 0.571. The fourth-order valence-electron chi connectivity index (χ4n) is 1.81. The van der Waals surface area contributed by atoms with E-state index in [-0.39, 0.29) is 4.90 Å². The number of methoxy groups -OCH3 is 1. The maximum Gasteiger partial charge on any atom is 0.246 e. The number of aryl methyl sites for hydroxylation is 1. The highest BCUT2D eigenvalue weighted by Gasteiger charge is 2.24. The van der Waals surface area contributed by atoms with Gasteiger partial charge in [0.1, 0.15) is 10.6 Å². The number of nitrogens with zero attached hydrogens (tertiary/aromatic N) is 1. The Morgan fingerprint density at radius 2 is 1.95 bits per heavy atom. The SMILES string of the molecule is CCCCN(C)S(=O)(=O)c1cc(CC)ccc1OC. The van der Waals surface area contributed by atoms with Gasteiger partial charge in [0.2, 0.25) is 10.0 Å². The molecule has 0 bridgehead atoms. The highest BCUT2D eigenvalue weighted by atomic mass is 32.2. The van der Waals surface area contributed by atoms with Crippen LogP contribution in [0.5, 0.6) is 5.75 Å². The standard InChI is InChI=1S/C14H23NO3S/c1-5-7-10-15(3)19(16,17)14-11-12(6-2)8-9-13(14)18-4/h8-9,11H,5-7,10H2,1-4H3. The first-order valence-electron chi connectivity index (χ1n) is 6.60. The first-order valence-corrected chi connectivity index (χ1v) is 8.04. The third-order valence-corrected chi connectivity index (χ3v) is 5.03. The second kappa shape index (κ2) is 6.91. The second-order valence-electron chi connectivity index (χ2n) is 4.52. The predicted octanol–water partition coefficient (Wildman–Crippen LogP) is 2.68. The van der Waals surface area contributed by atoms with Crippen molar-refractivity contribution in [3.63, 3.8) is 0 Å². The van der Waals surface area contributed by atoms with Gasteiger partial charge in [-0.25, -0.2) is 12.7 Å². The van der Waals surface area contributed by atoms with Gasteiger partial charge in [0.25, 0.3) is 0 Å². The Kier molecular flexibility index (Phi) is 5.82. The van der Waals surface area contributed by atoms with Gasteiger partial charge in [0.15, 0.2) is 0 Å². The molecule has 0 aliphatic heterocycles. The van der Waals surface area contributed by atoms with Crippen molar-refractivity contribution in [1.82, 2.24) is 4.31 Å². The lowest BCUT2D eigenvalue weighted by Gasteiger charge is -2.19. The minimum atomic E-state index is -3.48. The molecule has 0 heterocycles. The van der Waals surface area contributed by atoms with E-state index in [0.717, 1.165) is 24.8 Å². The van der Waals surface area contributed by atoms with Crippen LogP contribution in [0.25, 0.3) is 0 Å². The smallest absolute Gasteiger partial charge is 0.246 e. The minimum Gasteiger partial charge on any atom is -0.495 e. The summed E-state index contributed by atoms with van der Waals surface area (Å²) in [5.41, 5.74) is 0.989. The summed E-state index contributed by atoms with van der Waals surface area (Å²) >= 11 is 0. The van der Waals surface area contributed by atoms with Crippen LogP contribution < -0.4 is 4.74 Å². The fourth-order valence-corrected chi connectivity index (χ4v) is 3.22. The summed E-state index contributed by atoms with van der Waals surface area (Å²) in [6.45, 7) is 4.57. The molecular weight excluding hydrogens is 262 g/mol. The lowest BCUT2D eigenvalue weighted by atomic mass is 10.2. The Balaban J connectivity index is 3.18. The lowest BCUT2D eigenvalue weighted by molar-refractivity contribution is 0.397. The molecule has 1 rings (SSSR count). The van der Waals surface area contributed by atoms with Crippen LogP contribution in [0, 0.1) is 0 Å². The molecule has 0 aromatic heterocycles. The highest BCUT2D eigenvalue weighted by Crippen LogP contribution is 2.27. The Morgan fingerprint density at radius 3 is 2.47 bits per heavy atom. The molecule has 0 N–H and O–H groups in total. The zero-order valence-electron chi connectivity index (χ0n) is 12.1. The molecule has 1 aromatic rings. The van der Waals surface area contributed by atoms with Crippen molar-refractivity contribution in [2.24, 2.45) is 0 Å². The lowest BCUT2D eigenvalue weighted by Crippen LogP contribution is -2.28. The van der Waals surface area contributed by atoms with E-state index < -0.39 is 10.0 Å². The molecule has 0 radical (unpaired) electrons. The molecule has 108 valence electrons. The van der Waals surface area contributed by atoms with E-state index in [0.29, 0.717) is 12.3 Å². The normalized spacial score (nSPS) is 11.8. The average Bonchev–Trinajstić information content (AvgIpc) is 2.43. The van der Waals surface area contributed by atoms with Gasteiger partial charge in [-0.05, 0) is 30.5 Å². The zero-order valence-corrected chi connectivity index (χ0v) is 13.0. The van der Waals surface area contributed by atoms with Crippen LogP contribution in [0.4, 0.5) is 0 Å². The van der Waals surface area contributed by atoms with Gasteiger partial charge >= 0.3 is 0 Å². The molecule has 0 atom stereocenters. The molecule has 0 spiro atoms. The van der Waals surface area contributed by atoms with Crippen molar-refractivity contribution in [2.75, 3.05) is 20.7 Å². The van der Waals surface area contributed by atoms with E-state index in [1.807, 2.05) is 19.9 Å². The predicted molar refractivity (Wildman–Crippen MR) is 77.1 cm³/mol. The van der Waals surface area contributed by atoms with Crippen molar-refractivity contribution in [3.8, 4) is 5.75 Å². The summed E-state index contributed by atoms with van der Waals surface area (Å²) in [6.07, 6.45) is 2.61. The van der Waals surface area contributed by atoms with Crippen LogP contribution in [0.15, 0.2) is 23.1 Å².